The van der Waals surface area contributed by atoms with Crippen LogP contribution >= 0.6 is 11.6 Å². The molecule has 0 spiro atoms. The van der Waals surface area contributed by atoms with Crippen LogP contribution in [0.2, 0.25) is 0 Å². The Labute approximate surface area is 122 Å². The zero-order valence-corrected chi connectivity index (χ0v) is 11.5. The molecule has 0 radical (unpaired) electrons. The lowest BCUT2D eigenvalue weighted by atomic mass is 9.92. The summed E-state index contributed by atoms with van der Waals surface area (Å²) in [6.45, 7) is 0. The molecule has 1 heterocycles. The molecule has 3 nitrogen and oxygen atoms in total. The van der Waals surface area contributed by atoms with E-state index in [4.69, 9.17) is 11.6 Å². The molecule has 20 heavy (non-hydrogen) atoms. The molecule has 3 rings (SSSR count). The largest absolute Gasteiger partial charge is 0.273 e. The summed E-state index contributed by atoms with van der Waals surface area (Å²) in [7, 11) is 0. The van der Waals surface area contributed by atoms with Crippen LogP contribution in [0, 0.1) is 0 Å². The molecule has 0 bridgehead atoms. The monoisotopic (exact) mass is 284 g/mol. The van der Waals surface area contributed by atoms with E-state index in [-0.39, 0.29) is 5.91 Å². The van der Waals surface area contributed by atoms with Gasteiger partial charge in [0.05, 0.1) is 5.03 Å². The predicted molar refractivity (Wildman–Crippen MR) is 79.5 cm³/mol. The molecule has 0 saturated heterocycles. The third-order valence-electron chi connectivity index (χ3n) is 3.39. The highest BCUT2D eigenvalue weighted by Gasteiger charge is 2.15. The molecule has 4 heteroatoms. The minimum absolute atomic E-state index is 0.127. The number of carbonyl (C=O) groups excluding carboxylic acids is 1. The maximum absolute atomic E-state index is 11.9. The van der Waals surface area contributed by atoms with Crippen LogP contribution in [0.25, 0.3) is 5.03 Å². The lowest BCUT2D eigenvalue weighted by Gasteiger charge is -2.17. The summed E-state index contributed by atoms with van der Waals surface area (Å²) in [4.78, 5) is 15.7. The number of carbonyl (C=O) groups is 1. The lowest BCUT2D eigenvalue weighted by molar-refractivity contribution is 0.0968. The van der Waals surface area contributed by atoms with Crippen molar-refractivity contribution < 1.29 is 4.79 Å². The third-order valence-corrected chi connectivity index (χ3v) is 3.83. The van der Waals surface area contributed by atoms with Crippen molar-refractivity contribution in [2.45, 2.75) is 12.8 Å². The SMILES string of the molecule is O=C(/C=C/C1=C(Cl)c2ccccc2CC1)n1ccnc1. The van der Waals surface area contributed by atoms with Gasteiger partial charge in [0.2, 0.25) is 0 Å². The fourth-order valence-electron chi connectivity index (χ4n) is 2.31. The highest BCUT2D eigenvalue weighted by atomic mass is 35.5. The molecule has 0 saturated carbocycles. The maximum atomic E-state index is 11.9. The summed E-state index contributed by atoms with van der Waals surface area (Å²) in [5, 5.41) is 0.738. The van der Waals surface area contributed by atoms with Crippen LogP contribution in [0.3, 0.4) is 0 Å². The number of benzene rings is 1. The van der Waals surface area contributed by atoms with Crippen molar-refractivity contribution >= 4 is 22.5 Å². The van der Waals surface area contributed by atoms with Gasteiger partial charge >= 0.3 is 0 Å². The Hall–Kier alpha value is -2.13. The minimum atomic E-state index is -0.127. The van der Waals surface area contributed by atoms with Gasteiger partial charge < -0.3 is 0 Å². The Bertz CT molecular complexity index is 699. The summed E-state index contributed by atoms with van der Waals surface area (Å²) in [6.07, 6.45) is 9.83. The molecule has 2 aromatic rings. The van der Waals surface area contributed by atoms with Crippen molar-refractivity contribution in [1.29, 1.82) is 0 Å². The molecule has 0 N–H and O–H groups in total. The van der Waals surface area contributed by atoms with Gasteiger partial charge in [-0.2, -0.15) is 0 Å². The molecule has 0 atom stereocenters. The Kier molecular flexibility index (Phi) is 3.52. The van der Waals surface area contributed by atoms with Crippen LogP contribution in [0.4, 0.5) is 0 Å². The van der Waals surface area contributed by atoms with Crippen molar-refractivity contribution in [3.63, 3.8) is 0 Å². The third kappa shape index (κ3) is 2.45. The Morgan fingerprint density at radius 1 is 1.30 bits per heavy atom. The van der Waals surface area contributed by atoms with Crippen LogP contribution in [-0.2, 0) is 6.42 Å². The Morgan fingerprint density at radius 3 is 2.95 bits per heavy atom. The Balaban J connectivity index is 1.87. The maximum Gasteiger partial charge on any atom is 0.255 e. The van der Waals surface area contributed by atoms with E-state index in [9.17, 15) is 4.79 Å². The van der Waals surface area contributed by atoms with Gasteiger partial charge in [-0.15, -0.1) is 0 Å². The van der Waals surface area contributed by atoms with E-state index in [2.05, 4.69) is 11.1 Å². The number of aryl methyl sites for hydroxylation is 1. The zero-order valence-electron chi connectivity index (χ0n) is 10.8. The van der Waals surface area contributed by atoms with Gasteiger partial charge in [0.15, 0.2) is 0 Å². The fraction of sp³-hybridized carbons (Fsp3) is 0.125. The summed E-state index contributed by atoms with van der Waals surface area (Å²) < 4.78 is 1.43. The Morgan fingerprint density at radius 2 is 2.15 bits per heavy atom. The molecule has 1 aromatic carbocycles. The fourth-order valence-corrected chi connectivity index (χ4v) is 2.65. The van der Waals surface area contributed by atoms with Gasteiger partial charge in [0.25, 0.3) is 5.91 Å². The summed E-state index contributed by atoms with van der Waals surface area (Å²) >= 11 is 6.42. The topological polar surface area (TPSA) is 34.9 Å². The molecule has 100 valence electrons. The molecule has 0 fully saturated rings. The smallest absolute Gasteiger partial charge is 0.255 e. The van der Waals surface area contributed by atoms with Crippen molar-refractivity contribution in [3.05, 3.63) is 71.8 Å². The molecule has 0 amide bonds. The molecular weight excluding hydrogens is 272 g/mol. The van der Waals surface area contributed by atoms with Crippen LogP contribution in [0.1, 0.15) is 22.3 Å². The number of halogens is 1. The normalized spacial score (nSPS) is 14.7. The van der Waals surface area contributed by atoms with Crippen LogP contribution in [-0.4, -0.2) is 15.5 Å². The van der Waals surface area contributed by atoms with E-state index >= 15 is 0 Å². The van der Waals surface area contributed by atoms with Crippen LogP contribution in [0.5, 0.6) is 0 Å². The number of nitrogens with zero attached hydrogens (tertiary/aromatic N) is 2. The van der Waals surface area contributed by atoms with Crippen molar-refractivity contribution in [2.75, 3.05) is 0 Å². The second kappa shape index (κ2) is 5.47. The van der Waals surface area contributed by atoms with Gasteiger partial charge in [-0.1, -0.05) is 41.9 Å². The molecule has 1 aliphatic rings. The number of hydrogen-bond acceptors (Lipinski definition) is 2. The molecular formula is C16H13ClN2O. The average Bonchev–Trinajstić information content (AvgIpc) is 3.01. The molecule has 0 aliphatic heterocycles. The van der Waals surface area contributed by atoms with E-state index in [1.807, 2.05) is 18.2 Å². The first-order valence-electron chi connectivity index (χ1n) is 6.43. The van der Waals surface area contributed by atoms with Crippen molar-refractivity contribution in [3.8, 4) is 0 Å². The van der Waals surface area contributed by atoms with Gasteiger partial charge in [-0.25, -0.2) is 4.98 Å². The van der Waals surface area contributed by atoms with Gasteiger partial charge in [0, 0.05) is 18.5 Å². The van der Waals surface area contributed by atoms with E-state index in [1.165, 1.54) is 22.5 Å². The molecule has 1 aromatic heterocycles. The van der Waals surface area contributed by atoms with E-state index < -0.39 is 0 Å². The number of allylic oxidation sites excluding steroid dienone is 3. The van der Waals surface area contributed by atoms with Crippen molar-refractivity contribution in [1.82, 2.24) is 9.55 Å². The highest BCUT2D eigenvalue weighted by Crippen LogP contribution is 2.34. The van der Waals surface area contributed by atoms with Gasteiger partial charge in [-0.3, -0.25) is 9.36 Å². The second-order valence-electron chi connectivity index (χ2n) is 4.64. The second-order valence-corrected chi connectivity index (χ2v) is 5.02. The number of aromatic nitrogens is 2. The van der Waals surface area contributed by atoms with Crippen molar-refractivity contribution in [2.24, 2.45) is 0 Å². The first-order valence-corrected chi connectivity index (χ1v) is 6.81. The minimum Gasteiger partial charge on any atom is -0.273 e. The van der Waals surface area contributed by atoms with Crippen LogP contribution in [0.15, 0.2) is 60.7 Å². The summed E-state index contributed by atoms with van der Waals surface area (Å²) in [5.74, 6) is -0.127. The number of rotatable bonds is 2. The highest BCUT2D eigenvalue weighted by molar-refractivity contribution is 6.49. The summed E-state index contributed by atoms with van der Waals surface area (Å²) in [6, 6.07) is 8.11. The number of imidazole rings is 1. The molecule has 1 aliphatic carbocycles. The quantitative estimate of drug-likeness (QED) is 0.789. The van der Waals surface area contributed by atoms with Gasteiger partial charge in [0.1, 0.15) is 6.33 Å². The van der Waals surface area contributed by atoms with Gasteiger partial charge in [-0.05, 0) is 29.5 Å². The zero-order chi connectivity index (χ0) is 13.9. The number of hydrogen-bond donors (Lipinski definition) is 0. The first-order chi connectivity index (χ1) is 9.75. The number of fused-ring (bicyclic) bond motifs is 1. The lowest BCUT2D eigenvalue weighted by Crippen LogP contribution is -2.05. The van der Waals surface area contributed by atoms with E-state index in [0.717, 1.165) is 29.0 Å². The first kappa shape index (κ1) is 12.9. The predicted octanol–water partition coefficient (Wildman–Crippen LogP) is 3.68. The summed E-state index contributed by atoms with van der Waals surface area (Å²) in [5.41, 5.74) is 3.32. The average molecular weight is 285 g/mol. The molecule has 0 unspecified atom stereocenters. The van der Waals surface area contributed by atoms with Crippen LogP contribution < -0.4 is 0 Å². The van der Waals surface area contributed by atoms with E-state index in [1.54, 1.807) is 18.5 Å². The van der Waals surface area contributed by atoms with E-state index in [0.29, 0.717) is 0 Å². The standard InChI is InChI=1S/C16H13ClN2O/c17-16-13(6-5-12-3-1-2-4-14(12)16)7-8-15(20)19-10-9-18-11-19/h1-4,7-11H,5-6H2/b8-7+.